The Bertz CT molecular complexity index is 602. The van der Waals surface area contributed by atoms with Crippen LogP contribution >= 0.6 is 11.6 Å². The number of rotatable bonds is 7. The maximum atomic E-state index is 6.28. The van der Waals surface area contributed by atoms with E-state index < -0.39 is 0 Å². The Balaban J connectivity index is 2.14. The second-order valence-electron chi connectivity index (χ2n) is 4.42. The smallest absolute Gasteiger partial charge is 0.242 e. The summed E-state index contributed by atoms with van der Waals surface area (Å²) in [5.74, 6) is 1.87. The molecule has 0 unspecified atom stereocenters. The van der Waals surface area contributed by atoms with E-state index in [1.54, 1.807) is 24.9 Å². The van der Waals surface area contributed by atoms with Gasteiger partial charge in [0, 0.05) is 24.7 Å². The van der Waals surface area contributed by atoms with Crippen molar-refractivity contribution in [3.8, 4) is 11.5 Å². The molecule has 21 heavy (non-hydrogen) atoms. The molecule has 2 aromatic rings. The summed E-state index contributed by atoms with van der Waals surface area (Å²) in [6, 6.07) is 3.62. The highest BCUT2D eigenvalue weighted by molar-refractivity contribution is 6.31. The standard InChI is InChI=1S/C13H18ClN5O2/c1-4-5-21-12-7-10(14)9(6-11(12)20-3)8-15-13-16-17-18-19(13)2/h6-7H,4-5,8H2,1-3H3,(H,15,16,18). The molecule has 0 aliphatic carbocycles. The molecule has 0 saturated heterocycles. The third-order valence-corrected chi connectivity index (χ3v) is 3.20. The Morgan fingerprint density at radius 1 is 1.33 bits per heavy atom. The molecule has 0 spiro atoms. The van der Waals surface area contributed by atoms with Gasteiger partial charge in [-0.15, -0.1) is 0 Å². The van der Waals surface area contributed by atoms with Crippen LogP contribution in [0.15, 0.2) is 12.1 Å². The molecule has 1 N–H and O–H groups in total. The van der Waals surface area contributed by atoms with Crippen molar-refractivity contribution >= 4 is 17.5 Å². The van der Waals surface area contributed by atoms with Gasteiger partial charge in [0.05, 0.1) is 13.7 Å². The fraction of sp³-hybridized carbons (Fsp3) is 0.462. The van der Waals surface area contributed by atoms with Gasteiger partial charge in [-0.1, -0.05) is 23.6 Å². The van der Waals surface area contributed by atoms with E-state index in [4.69, 9.17) is 21.1 Å². The van der Waals surface area contributed by atoms with Crippen LogP contribution in [0.5, 0.6) is 11.5 Å². The summed E-state index contributed by atoms with van der Waals surface area (Å²) in [5.41, 5.74) is 0.875. The predicted molar refractivity (Wildman–Crippen MR) is 79.9 cm³/mol. The zero-order valence-corrected chi connectivity index (χ0v) is 13.0. The lowest BCUT2D eigenvalue weighted by molar-refractivity contribution is 0.294. The number of tetrazole rings is 1. The van der Waals surface area contributed by atoms with Crippen LogP contribution in [0.25, 0.3) is 0 Å². The predicted octanol–water partition coefficient (Wildman–Crippen LogP) is 2.27. The summed E-state index contributed by atoms with van der Waals surface area (Å²) < 4.78 is 12.5. The van der Waals surface area contributed by atoms with Gasteiger partial charge in [-0.25, -0.2) is 4.68 Å². The number of halogens is 1. The fourth-order valence-electron chi connectivity index (χ4n) is 1.75. The van der Waals surface area contributed by atoms with Gasteiger partial charge in [-0.05, 0) is 28.5 Å². The van der Waals surface area contributed by atoms with E-state index in [-0.39, 0.29) is 0 Å². The molecule has 0 aliphatic rings. The van der Waals surface area contributed by atoms with Crippen molar-refractivity contribution in [1.82, 2.24) is 20.2 Å². The van der Waals surface area contributed by atoms with Gasteiger partial charge >= 0.3 is 0 Å². The Kier molecular flexibility index (Phi) is 5.21. The fourth-order valence-corrected chi connectivity index (χ4v) is 1.97. The van der Waals surface area contributed by atoms with E-state index in [1.807, 2.05) is 13.0 Å². The number of anilines is 1. The molecule has 1 aromatic heterocycles. The third kappa shape index (κ3) is 3.75. The summed E-state index contributed by atoms with van der Waals surface area (Å²) in [4.78, 5) is 0. The number of methoxy groups -OCH3 is 1. The van der Waals surface area contributed by atoms with Crippen molar-refractivity contribution in [3.05, 3.63) is 22.7 Å². The van der Waals surface area contributed by atoms with Crippen molar-refractivity contribution in [3.63, 3.8) is 0 Å². The molecule has 7 nitrogen and oxygen atoms in total. The quantitative estimate of drug-likeness (QED) is 0.845. The number of aromatic nitrogens is 4. The van der Waals surface area contributed by atoms with Crippen LogP contribution in [0.4, 0.5) is 5.95 Å². The molecular formula is C13H18ClN5O2. The van der Waals surface area contributed by atoms with Gasteiger partial charge in [-0.3, -0.25) is 0 Å². The molecular weight excluding hydrogens is 294 g/mol. The first-order chi connectivity index (χ1) is 10.2. The summed E-state index contributed by atoms with van der Waals surface area (Å²) in [6.07, 6.45) is 0.920. The third-order valence-electron chi connectivity index (χ3n) is 2.85. The van der Waals surface area contributed by atoms with Crippen LogP contribution in [-0.4, -0.2) is 33.9 Å². The molecule has 0 amide bonds. The number of aryl methyl sites for hydroxylation is 1. The lowest BCUT2D eigenvalue weighted by Gasteiger charge is -2.13. The van der Waals surface area contributed by atoms with E-state index in [0.717, 1.165) is 12.0 Å². The molecule has 1 heterocycles. The van der Waals surface area contributed by atoms with Gasteiger partial charge in [0.15, 0.2) is 11.5 Å². The van der Waals surface area contributed by atoms with Gasteiger partial charge in [-0.2, -0.15) is 0 Å². The first kappa shape index (κ1) is 15.4. The summed E-state index contributed by atoms with van der Waals surface area (Å²) >= 11 is 6.28. The summed E-state index contributed by atoms with van der Waals surface area (Å²) in [6.45, 7) is 3.15. The van der Waals surface area contributed by atoms with Gasteiger partial charge in [0.1, 0.15) is 0 Å². The lowest BCUT2D eigenvalue weighted by Crippen LogP contribution is -2.07. The van der Waals surface area contributed by atoms with Crippen molar-refractivity contribution < 1.29 is 9.47 Å². The highest BCUT2D eigenvalue weighted by atomic mass is 35.5. The Morgan fingerprint density at radius 2 is 2.14 bits per heavy atom. The van der Waals surface area contributed by atoms with Crippen LogP contribution < -0.4 is 14.8 Å². The van der Waals surface area contributed by atoms with Gasteiger partial charge < -0.3 is 14.8 Å². The van der Waals surface area contributed by atoms with Crippen LogP contribution in [0, 0.1) is 0 Å². The average molecular weight is 312 g/mol. The summed E-state index contributed by atoms with van der Waals surface area (Å²) in [5, 5.41) is 14.9. The molecule has 2 rings (SSSR count). The van der Waals surface area contributed by atoms with Gasteiger partial charge in [0.2, 0.25) is 5.95 Å². The van der Waals surface area contributed by atoms with Crippen molar-refractivity contribution in [2.75, 3.05) is 19.0 Å². The van der Waals surface area contributed by atoms with Crippen LogP contribution in [0.1, 0.15) is 18.9 Å². The molecule has 0 aliphatic heterocycles. The maximum Gasteiger partial charge on any atom is 0.242 e. The highest BCUT2D eigenvalue weighted by Gasteiger charge is 2.11. The van der Waals surface area contributed by atoms with Crippen LogP contribution in [0.2, 0.25) is 5.02 Å². The van der Waals surface area contributed by atoms with E-state index >= 15 is 0 Å². The lowest BCUT2D eigenvalue weighted by atomic mass is 10.2. The number of hydrogen-bond donors (Lipinski definition) is 1. The number of hydrogen-bond acceptors (Lipinski definition) is 6. The molecule has 1 aromatic carbocycles. The van der Waals surface area contributed by atoms with Crippen LogP contribution in [0.3, 0.4) is 0 Å². The topological polar surface area (TPSA) is 74.1 Å². The Hall–Kier alpha value is -2.02. The first-order valence-electron chi connectivity index (χ1n) is 6.61. The molecule has 114 valence electrons. The first-order valence-corrected chi connectivity index (χ1v) is 6.99. The number of benzene rings is 1. The molecule has 0 saturated carbocycles. The number of ether oxygens (including phenoxy) is 2. The normalized spacial score (nSPS) is 10.5. The largest absolute Gasteiger partial charge is 0.493 e. The average Bonchev–Trinajstić information content (AvgIpc) is 2.89. The molecule has 0 fully saturated rings. The van der Waals surface area contributed by atoms with Crippen LogP contribution in [-0.2, 0) is 13.6 Å². The Labute approximate surface area is 128 Å². The zero-order chi connectivity index (χ0) is 15.2. The SMILES string of the molecule is CCCOc1cc(Cl)c(CNc2nnnn2C)cc1OC. The minimum absolute atomic E-state index is 0.484. The van der Waals surface area contributed by atoms with E-state index in [9.17, 15) is 0 Å². The second kappa shape index (κ2) is 7.12. The second-order valence-corrected chi connectivity index (χ2v) is 4.83. The minimum atomic E-state index is 0.484. The van der Waals surface area contributed by atoms with E-state index in [1.165, 1.54) is 0 Å². The molecule has 0 bridgehead atoms. The maximum absolute atomic E-state index is 6.28. The highest BCUT2D eigenvalue weighted by Crippen LogP contribution is 2.33. The number of nitrogens with zero attached hydrogens (tertiary/aromatic N) is 4. The Morgan fingerprint density at radius 3 is 2.76 bits per heavy atom. The molecule has 0 radical (unpaired) electrons. The van der Waals surface area contributed by atoms with E-state index in [0.29, 0.717) is 35.6 Å². The van der Waals surface area contributed by atoms with Crippen molar-refractivity contribution in [2.45, 2.75) is 19.9 Å². The van der Waals surface area contributed by atoms with Gasteiger partial charge in [0.25, 0.3) is 0 Å². The van der Waals surface area contributed by atoms with Crippen molar-refractivity contribution in [2.24, 2.45) is 7.05 Å². The number of nitrogens with one attached hydrogen (secondary N) is 1. The van der Waals surface area contributed by atoms with Crippen molar-refractivity contribution in [1.29, 1.82) is 0 Å². The zero-order valence-electron chi connectivity index (χ0n) is 12.3. The minimum Gasteiger partial charge on any atom is -0.493 e. The van der Waals surface area contributed by atoms with E-state index in [2.05, 4.69) is 20.8 Å². The monoisotopic (exact) mass is 311 g/mol. The molecule has 0 atom stereocenters. The summed E-state index contributed by atoms with van der Waals surface area (Å²) in [7, 11) is 3.36. The molecule has 8 heteroatoms.